The number of carbonyl (C=O) groups excluding carboxylic acids is 3. The van der Waals surface area contributed by atoms with Crippen molar-refractivity contribution in [2.75, 3.05) is 0 Å². The Morgan fingerprint density at radius 1 is 1.19 bits per heavy atom. The number of halogens is 1. The third kappa shape index (κ3) is 2.95. The van der Waals surface area contributed by atoms with E-state index >= 15 is 0 Å². The fraction of sp³-hybridized carbons (Fsp3) is 0.250. The maximum absolute atomic E-state index is 13.4. The number of rotatable bonds is 4. The molecule has 1 heterocycles. The van der Waals surface area contributed by atoms with Crippen molar-refractivity contribution < 1.29 is 18.8 Å². The second kappa shape index (κ2) is 6.19. The number of imide groups is 1. The molecule has 0 unspecified atom stereocenters. The minimum Gasteiger partial charge on any atom is -0.318 e. The minimum atomic E-state index is -1.24. The van der Waals surface area contributed by atoms with Crippen molar-refractivity contribution in [3.8, 4) is 0 Å². The largest absolute Gasteiger partial charge is 0.344 e. The van der Waals surface area contributed by atoms with Gasteiger partial charge in [-0.3, -0.25) is 15.0 Å². The molecule has 2 N–H and O–H groups in total. The van der Waals surface area contributed by atoms with E-state index in [9.17, 15) is 18.8 Å². The van der Waals surface area contributed by atoms with Gasteiger partial charge in [-0.1, -0.05) is 42.5 Å². The first kappa shape index (κ1) is 17.2. The van der Waals surface area contributed by atoms with Crippen LogP contribution in [0.15, 0.2) is 54.6 Å². The van der Waals surface area contributed by atoms with E-state index in [0.717, 1.165) is 10.6 Å². The molecule has 1 saturated heterocycles. The van der Waals surface area contributed by atoms with Gasteiger partial charge in [0.2, 0.25) is 5.91 Å². The molecule has 4 amide bonds. The average molecular weight is 367 g/mol. The van der Waals surface area contributed by atoms with E-state index < -0.39 is 29.3 Å². The van der Waals surface area contributed by atoms with Gasteiger partial charge in [0, 0.05) is 5.92 Å². The lowest BCUT2D eigenvalue weighted by atomic mass is 9.92. The molecule has 2 aromatic carbocycles. The average Bonchev–Trinajstić information content (AvgIpc) is 3.43. The SMILES string of the molecule is C[C@]1(c2ccccc2)NC(=O)N(NC(=O)[C@H]2C[C@@H]2c2cccc(F)c2)C1=O. The van der Waals surface area contributed by atoms with Gasteiger partial charge in [0.15, 0.2) is 0 Å². The highest BCUT2D eigenvalue weighted by Gasteiger charge is 2.52. The molecule has 4 rings (SSSR count). The predicted molar refractivity (Wildman–Crippen MR) is 94.6 cm³/mol. The summed E-state index contributed by atoms with van der Waals surface area (Å²) in [5.41, 5.74) is 2.55. The van der Waals surface area contributed by atoms with E-state index in [2.05, 4.69) is 10.7 Å². The van der Waals surface area contributed by atoms with Gasteiger partial charge >= 0.3 is 6.03 Å². The Labute approximate surface area is 155 Å². The summed E-state index contributed by atoms with van der Waals surface area (Å²) in [5, 5.41) is 3.37. The molecule has 2 aliphatic rings. The van der Waals surface area contributed by atoms with Crippen LogP contribution in [-0.4, -0.2) is 22.9 Å². The first-order valence-corrected chi connectivity index (χ1v) is 8.68. The summed E-state index contributed by atoms with van der Waals surface area (Å²) in [6.45, 7) is 1.60. The summed E-state index contributed by atoms with van der Waals surface area (Å²) in [6, 6.07) is 14.3. The number of hydrazine groups is 1. The van der Waals surface area contributed by atoms with Gasteiger partial charge in [0.05, 0.1) is 0 Å². The molecule has 3 atom stereocenters. The normalized spacial score (nSPS) is 26.7. The van der Waals surface area contributed by atoms with Gasteiger partial charge in [0.25, 0.3) is 5.91 Å². The molecule has 0 radical (unpaired) electrons. The van der Waals surface area contributed by atoms with Crippen molar-refractivity contribution in [3.05, 3.63) is 71.5 Å². The van der Waals surface area contributed by atoms with Crippen LogP contribution in [0.4, 0.5) is 9.18 Å². The Kier molecular flexibility index (Phi) is 3.95. The molecule has 0 aromatic heterocycles. The van der Waals surface area contributed by atoms with Gasteiger partial charge in [-0.15, -0.1) is 0 Å². The third-order valence-electron chi connectivity index (χ3n) is 5.17. The molecule has 2 fully saturated rings. The summed E-state index contributed by atoms with van der Waals surface area (Å²) in [6.07, 6.45) is 0.550. The molecule has 0 bridgehead atoms. The number of hydrogen-bond donors (Lipinski definition) is 2. The highest BCUT2D eigenvalue weighted by Crippen LogP contribution is 2.47. The molecular formula is C20H18FN3O3. The van der Waals surface area contributed by atoms with E-state index in [-0.39, 0.29) is 11.7 Å². The monoisotopic (exact) mass is 367 g/mol. The van der Waals surface area contributed by atoms with E-state index in [1.807, 2.05) is 6.07 Å². The van der Waals surface area contributed by atoms with Gasteiger partial charge in [0.1, 0.15) is 11.4 Å². The molecule has 27 heavy (non-hydrogen) atoms. The van der Waals surface area contributed by atoms with Crippen LogP contribution >= 0.6 is 0 Å². The molecule has 1 aliphatic heterocycles. The maximum Gasteiger partial charge on any atom is 0.344 e. The minimum absolute atomic E-state index is 0.109. The predicted octanol–water partition coefficient (Wildman–Crippen LogP) is 2.43. The Morgan fingerprint density at radius 2 is 1.93 bits per heavy atom. The highest BCUT2D eigenvalue weighted by atomic mass is 19.1. The number of amides is 4. The molecular weight excluding hydrogens is 349 g/mol. The summed E-state index contributed by atoms with van der Waals surface area (Å²) in [4.78, 5) is 37.6. The number of nitrogens with one attached hydrogen (secondary N) is 2. The number of nitrogens with zero attached hydrogens (tertiary/aromatic N) is 1. The third-order valence-corrected chi connectivity index (χ3v) is 5.17. The lowest BCUT2D eigenvalue weighted by Crippen LogP contribution is -2.48. The van der Waals surface area contributed by atoms with Crippen molar-refractivity contribution in [2.45, 2.75) is 24.8 Å². The summed E-state index contributed by atoms with van der Waals surface area (Å²) in [5.74, 6) is -1.83. The second-order valence-electron chi connectivity index (χ2n) is 7.04. The van der Waals surface area contributed by atoms with Gasteiger partial charge in [-0.2, -0.15) is 5.01 Å². The van der Waals surface area contributed by atoms with Crippen LogP contribution in [0.25, 0.3) is 0 Å². The zero-order valence-corrected chi connectivity index (χ0v) is 14.6. The van der Waals surface area contributed by atoms with Crippen molar-refractivity contribution in [1.82, 2.24) is 15.8 Å². The Hall–Kier alpha value is -3.22. The molecule has 1 saturated carbocycles. The first-order chi connectivity index (χ1) is 12.9. The van der Waals surface area contributed by atoms with Crippen molar-refractivity contribution in [3.63, 3.8) is 0 Å². The molecule has 6 nitrogen and oxygen atoms in total. The fourth-order valence-electron chi connectivity index (χ4n) is 3.49. The van der Waals surface area contributed by atoms with Gasteiger partial charge < -0.3 is 5.32 Å². The van der Waals surface area contributed by atoms with Crippen LogP contribution in [0.3, 0.4) is 0 Å². The number of urea groups is 1. The van der Waals surface area contributed by atoms with Crippen LogP contribution in [0, 0.1) is 11.7 Å². The van der Waals surface area contributed by atoms with Crippen LogP contribution in [0.2, 0.25) is 0 Å². The Morgan fingerprint density at radius 3 is 2.63 bits per heavy atom. The maximum atomic E-state index is 13.4. The van der Waals surface area contributed by atoms with Crippen molar-refractivity contribution in [1.29, 1.82) is 0 Å². The highest BCUT2D eigenvalue weighted by molar-refractivity contribution is 6.08. The molecule has 0 spiro atoms. The standard InChI is InChI=1S/C20H18FN3O3/c1-20(13-7-3-2-4-8-13)18(26)24(19(27)22-20)23-17(25)16-11-15(16)12-6-5-9-14(21)10-12/h2-10,15-16H,11H2,1H3,(H,22,27)(H,23,25)/t15-,16+,20-/m1/s1. The molecule has 7 heteroatoms. The second-order valence-corrected chi connectivity index (χ2v) is 7.04. The Balaban J connectivity index is 1.46. The lowest BCUT2D eigenvalue weighted by molar-refractivity contribution is -0.139. The smallest absolute Gasteiger partial charge is 0.318 e. The van der Waals surface area contributed by atoms with Crippen LogP contribution in [0.5, 0.6) is 0 Å². The number of hydrogen-bond acceptors (Lipinski definition) is 3. The van der Waals surface area contributed by atoms with Crippen LogP contribution in [-0.2, 0) is 15.1 Å². The van der Waals surface area contributed by atoms with E-state index in [1.54, 1.807) is 43.3 Å². The number of carbonyl (C=O) groups is 3. The molecule has 138 valence electrons. The zero-order chi connectivity index (χ0) is 19.2. The lowest BCUT2D eigenvalue weighted by Gasteiger charge is -2.22. The quantitative estimate of drug-likeness (QED) is 0.815. The van der Waals surface area contributed by atoms with E-state index in [0.29, 0.717) is 12.0 Å². The van der Waals surface area contributed by atoms with Crippen molar-refractivity contribution >= 4 is 17.8 Å². The summed E-state index contributed by atoms with van der Waals surface area (Å²) < 4.78 is 13.4. The zero-order valence-electron chi connectivity index (χ0n) is 14.6. The summed E-state index contributed by atoms with van der Waals surface area (Å²) >= 11 is 0. The molecule has 1 aliphatic carbocycles. The summed E-state index contributed by atoms with van der Waals surface area (Å²) in [7, 11) is 0. The Bertz CT molecular complexity index is 933. The first-order valence-electron chi connectivity index (χ1n) is 8.68. The van der Waals surface area contributed by atoms with Crippen LogP contribution in [0.1, 0.15) is 30.4 Å². The van der Waals surface area contributed by atoms with E-state index in [4.69, 9.17) is 0 Å². The van der Waals surface area contributed by atoms with Crippen LogP contribution < -0.4 is 10.7 Å². The van der Waals surface area contributed by atoms with E-state index in [1.165, 1.54) is 12.1 Å². The fourth-order valence-corrected chi connectivity index (χ4v) is 3.49. The topological polar surface area (TPSA) is 78.5 Å². The number of benzene rings is 2. The molecule has 2 aromatic rings. The van der Waals surface area contributed by atoms with Crippen molar-refractivity contribution in [2.24, 2.45) is 5.92 Å². The van der Waals surface area contributed by atoms with Gasteiger partial charge in [-0.25, -0.2) is 9.18 Å². The van der Waals surface area contributed by atoms with Gasteiger partial charge in [-0.05, 0) is 42.5 Å².